The minimum atomic E-state index is -4.30. The molecule has 0 bridgehead atoms. The summed E-state index contributed by atoms with van der Waals surface area (Å²) < 4.78 is 39.1. The van der Waals surface area contributed by atoms with Crippen LogP contribution < -0.4 is 0 Å². The molecular weight excluding hydrogens is 241 g/mol. The number of thiophene rings is 1. The number of halogens is 3. The van der Waals surface area contributed by atoms with Gasteiger partial charge in [0.15, 0.2) is 0 Å². The fourth-order valence-corrected chi connectivity index (χ4v) is 3.23. The first kappa shape index (κ1) is 10.7. The molecule has 0 saturated carbocycles. The Morgan fingerprint density at radius 3 is 2.73 bits per heavy atom. The van der Waals surface area contributed by atoms with Crippen LogP contribution in [0.1, 0.15) is 5.56 Å². The minimum absolute atomic E-state index is 0.218. The highest BCUT2D eigenvalue weighted by atomic mass is 32.2. The van der Waals surface area contributed by atoms with Crippen molar-refractivity contribution in [3.8, 4) is 0 Å². The van der Waals surface area contributed by atoms with Crippen LogP contribution in [0.3, 0.4) is 0 Å². The number of hydrogen-bond acceptors (Lipinski definition) is 2. The first-order valence-corrected chi connectivity index (χ1v) is 6.04. The monoisotopic (exact) mass is 246 g/mol. The summed E-state index contributed by atoms with van der Waals surface area (Å²) in [6, 6.07) is 8.25. The van der Waals surface area contributed by atoms with E-state index < -0.39 is 11.7 Å². The molecule has 2 rings (SSSR count). The molecule has 0 unspecified atom stereocenters. The molecule has 0 radical (unpaired) electrons. The number of alkyl halides is 3. The molecule has 0 N–H and O–H groups in total. The van der Waals surface area contributed by atoms with E-state index in [1.165, 1.54) is 12.1 Å². The van der Waals surface area contributed by atoms with Gasteiger partial charge in [0.05, 0.1) is 14.5 Å². The van der Waals surface area contributed by atoms with Crippen molar-refractivity contribution in [2.24, 2.45) is 0 Å². The van der Waals surface area contributed by atoms with E-state index in [0.29, 0.717) is 4.70 Å². The van der Waals surface area contributed by atoms with Gasteiger partial charge in [0, 0.05) is 5.39 Å². The maximum Gasteiger partial charge on any atom is 0.418 e. The van der Waals surface area contributed by atoms with Gasteiger partial charge in [-0.25, -0.2) is 0 Å². The van der Waals surface area contributed by atoms with Crippen molar-refractivity contribution >= 4 is 33.2 Å². The van der Waals surface area contributed by atoms with Gasteiger partial charge in [-0.15, -0.1) is 23.1 Å². The summed E-state index contributed by atoms with van der Waals surface area (Å²) in [6.07, 6.45) is -2.66. The summed E-state index contributed by atoms with van der Waals surface area (Å²) in [7, 11) is 0. The second-order valence-corrected chi connectivity index (χ2v) is 4.91. The first-order chi connectivity index (χ1) is 7.04. The van der Waals surface area contributed by atoms with E-state index in [1.54, 1.807) is 6.26 Å². The van der Waals surface area contributed by atoms with Gasteiger partial charge in [-0.1, -0.05) is 12.1 Å². The largest absolute Gasteiger partial charge is 0.418 e. The third-order valence-electron chi connectivity index (χ3n) is 1.90. The summed E-state index contributed by atoms with van der Waals surface area (Å²) in [5.74, 6) is 0. The van der Waals surface area contributed by atoms with Crippen LogP contribution in [0.4, 0.5) is 13.2 Å². The Balaban J connectivity index is 2.79. The molecule has 1 heterocycles. The molecule has 5 heteroatoms. The Morgan fingerprint density at radius 2 is 2.13 bits per heavy atom. The fraction of sp³-hybridized carbons (Fsp3) is 0.200. The lowest BCUT2D eigenvalue weighted by Crippen LogP contribution is -2.04. The second-order valence-electron chi connectivity index (χ2n) is 2.81. The molecule has 0 aliphatic rings. The number of rotatable bonds is 1. The summed E-state index contributed by atoms with van der Waals surface area (Å²) in [5, 5.41) is 0.218. The Hall–Kier alpha value is -0.860. The molecule has 15 heavy (non-hydrogen) atoms. The predicted octanol–water partition coefficient (Wildman–Crippen LogP) is 4.24. The number of hydrogen-bond donors (Lipinski definition) is 0. The van der Waals surface area contributed by atoms with Crippen LogP contribution >= 0.6 is 23.1 Å². The van der Waals surface area contributed by atoms with Crippen molar-refractivity contribution in [3.63, 3.8) is 0 Å². The van der Waals surface area contributed by atoms with E-state index in [9.17, 15) is 13.2 Å². The molecule has 0 nitrogen and oxygen atoms in total. The highest BCUT2D eigenvalue weighted by Gasteiger charge is 2.36. The topological polar surface area (TPSA) is 0 Å². The van der Waals surface area contributed by atoms with Gasteiger partial charge in [-0.05, 0) is 18.4 Å². The van der Waals surface area contributed by atoms with Crippen molar-refractivity contribution in [2.75, 3.05) is 6.26 Å². The molecule has 0 saturated heterocycles. The Bertz CT molecular complexity index is 485. The van der Waals surface area contributed by atoms with E-state index in [1.807, 2.05) is 0 Å². The van der Waals surface area contributed by atoms with Crippen LogP contribution in [-0.4, -0.2) is 6.26 Å². The van der Waals surface area contributed by atoms with Crippen molar-refractivity contribution < 1.29 is 13.2 Å². The van der Waals surface area contributed by atoms with Gasteiger partial charge in [0.2, 0.25) is 0 Å². The standard InChI is InChI=1S/C10H5F3S2/c1-14-9-8(10(11,12)13)6-4-2-3-5-7(6)15-9/h2,4H,1H3. The zero-order chi connectivity index (χ0) is 11.1. The Morgan fingerprint density at radius 1 is 1.40 bits per heavy atom. The third-order valence-corrected chi connectivity index (χ3v) is 4.14. The maximum absolute atomic E-state index is 12.8. The van der Waals surface area contributed by atoms with Crippen molar-refractivity contribution in [1.82, 2.24) is 0 Å². The Labute approximate surface area is 93.1 Å². The molecule has 1 aromatic carbocycles. The average molecular weight is 246 g/mol. The zero-order valence-corrected chi connectivity index (χ0v) is 9.24. The summed E-state index contributed by atoms with van der Waals surface area (Å²) in [6.45, 7) is 0. The molecule has 78 valence electrons. The Kier molecular flexibility index (Phi) is 2.57. The lowest BCUT2D eigenvalue weighted by molar-refractivity contribution is -0.137. The van der Waals surface area contributed by atoms with Crippen LogP contribution in [0.2, 0.25) is 0 Å². The van der Waals surface area contributed by atoms with Crippen molar-refractivity contribution in [3.05, 3.63) is 29.8 Å². The molecule has 0 atom stereocenters. The normalized spacial score (nSPS) is 11.7. The molecule has 0 fully saturated rings. The van der Waals surface area contributed by atoms with E-state index in [2.05, 4.69) is 12.1 Å². The molecule has 2 aromatic rings. The van der Waals surface area contributed by atoms with Crippen LogP contribution in [0, 0.1) is 12.1 Å². The van der Waals surface area contributed by atoms with E-state index in [0.717, 1.165) is 23.1 Å². The van der Waals surface area contributed by atoms with Gasteiger partial charge < -0.3 is 0 Å². The van der Waals surface area contributed by atoms with Crippen LogP contribution in [0.25, 0.3) is 10.1 Å². The molecule has 0 aliphatic carbocycles. The van der Waals surface area contributed by atoms with Gasteiger partial charge in [-0.3, -0.25) is 0 Å². The highest BCUT2D eigenvalue weighted by Crippen LogP contribution is 2.45. The molecule has 0 spiro atoms. The first-order valence-electron chi connectivity index (χ1n) is 4.00. The maximum atomic E-state index is 12.8. The van der Waals surface area contributed by atoms with E-state index >= 15 is 0 Å². The highest BCUT2D eigenvalue weighted by molar-refractivity contribution is 8.00. The lowest BCUT2D eigenvalue weighted by Gasteiger charge is -2.06. The zero-order valence-electron chi connectivity index (χ0n) is 7.61. The SMILES string of the molecule is CSc1sc2c#cccc2c1C(F)(F)F. The van der Waals surface area contributed by atoms with Gasteiger partial charge in [0.1, 0.15) is 0 Å². The van der Waals surface area contributed by atoms with Crippen LogP contribution in [0.5, 0.6) is 0 Å². The quantitative estimate of drug-likeness (QED) is 0.678. The van der Waals surface area contributed by atoms with E-state index in [-0.39, 0.29) is 9.60 Å². The molecular formula is C10H5F3S2. The summed E-state index contributed by atoms with van der Waals surface area (Å²) in [5.41, 5.74) is -0.541. The van der Waals surface area contributed by atoms with Gasteiger partial charge in [-0.2, -0.15) is 13.2 Å². The van der Waals surface area contributed by atoms with Gasteiger partial charge in [0.25, 0.3) is 0 Å². The summed E-state index contributed by atoms with van der Waals surface area (Å²) >= 11 is 2.22. The van der Waals surface area contributed by atoms with Crippen molar-refractivity contribution in [2.45, 2.75) is 10.4 Å². The lowest BCUT2D eigenvalue weighted by atomic mass is 10.2. The van der Waals surface area contributed by atoms with E-state index in [4.69, 9.17) is 0 Å². The molecule has 1 aromatic heterocycles. The van der Waals surface area contributed by atoms with Crippen LogP contribution in [-0.2, 0) is 6.18 Å². The van der Waals surface area contributed by atoms with Gasteiger partial charge >= 0.3 is 6.18 Å². The number of thioether (sulfide) groups is 1. The molecule has 0 aliphatic heterocycles. The van der Waals surface area contributed by atoms with Crippen LogP contribution in [0.15, 0.2) is 16.3 Å². The minimum Gasteiger partial charge on any atom is -0.166 e. The summed E-state index contributed by atoms with van der Waals surface area (Å²) in [4.78, 5) is 0. The molecule has 0 amide bonds. The number of fused-ring (bicyclic) bond motifs is 1. The third kappa shape index (κ3) is 1.80. The smallest absolute Gasteiger partial charge is 0.166 e. The predicted molar refractivity (Wildman–Crippen MR) is 56.3 cm³/mol. The van der Waals surface area contributed by atoms with Crippen molar-refractivity contribution in [1.29, 1.82) is 0 Å². The second kappa shape index (κ2) is 3.62. The average Bonchev–Trinajstić information content (AvgIpc) is 2.54. The fourth-order valence-electron chi connectivity index (χ4n) is 1.32.